The van der Waals surface area contributed by atoms with E-state index in [1.54, 1.807) is 29.4 Å². The zero-order valence-corrected chi connectivity index (χ0v) is 18.2. The molecule has 0 amide bonds. The normalized spacial score (nSPS) is 20.7. The number of aryl methyl sites for hydroxylation is 1. The molecule has 3 aromatic rings. The van der Waals surface area contributed by atoms with Gasteiger partial charge in [0.25, 0.3) is 5.56 Å². The number of benzene rings is 2. The van der Waals surface area contributed by atoms with E-state index in [-0.39, 0.29) is 28.0 Å². The van der Waals surface area contributed by atoms with Crippen molar-refractivity contribution in [2.45, 2.75) is 43.3 Å². The van der Waals surface area contributed by atoms with E-state index in [9.17, 15) is 9.59 Å². The second-order valence-electron chi connectivity index (χ2n) is 7.68. The number of rotatable bonds is 8. The van der Waals surface area contributed by atoms with Gasteiger partial charge in [-0.1, -0.05) is 60.7 Å². The summed E-state index contributed by atoms with van der Waals surface area (Å²) in [5.41, 5.74) is 2.02. The molecule has 2 heterocycles. The van der Waals surface area contributed by atoms with Gasteiger partial charge in [-0.25, -0.2) is 4.79 Å². The van der Waals surface area contributed by atoms with E-state index >= 15 is 0 Å². The van der Waals surface area contributed by atoms with Gasteiger partial charge in [-0.2, -0.15) is 0 Å². The van der Waals surface area contributed by atoms with Crippen LogP contribution >= 0.6 is 11.8 Å². The van der Waals surface area contributed by atoms with Crippen molar-refractivity contribution in [3.63, 3.8) is 0 Å². The summed E-state index contributed by atoms with van der Waals surface area (Å²) < 4.78 is 13.9. The van der Waals surface area contributed by atoms with Crippen molar-refractivity contribution < 1.29 is 9.47 Å². The standard InChI is InChI=1S/C24H26N2O4S/c1-17-13-26(24(28)25-23(17)27)22-12-20(30-15-19-10-6-3-7-11-19)21(31-22)16-29-14-18-8-4-2-5-9-18/h2-11,13,20-22H,12,14-16H2,1H3,(H,25,27,28)/t20-,21-,22?/m0/s1. The SMILES string of the molecule is Cc1cn(C2C[C@H](OCc3ccccc3)[C@H](COCc3ccccc3)S2)c(=O)[nH]c1=O. The topological polar surface area (TPSA) is 73.3 Å². The lowest BCUT2D eigenvalue weighted by Gasteiger charge is -2.19. The van der Waals surface area contributed by atoms with Gasteiger partial charge in [0.15, 0.2) is 0 Å². The Morgan fingerprint density at radius 3 is 2.32 bits per heavy atom. The molecule has 0 spiro atoms. The zero-order chi connectivity index (χ0) is 21.6. The van der Waals surface area contributed by atoms with Crippen molar-refractivity contribution in [1.82, 2.24) is 9.55 Å². The predicted octanol–water partition coefficient (Wildman–Crippen LogP) is 3.65. The van der Waals surface area contributed by atoms with Crippen LogP contribution in [-0.4, -0.2) is 27.5 Å². The monoisotopic (exact) mass is 438 g/mol. The van der Waals surface area contributed by atoms with Crippen LogP contribution in [0, 0.1) is 6.92 Å². The summed E-state index contributed by atoms with van der Waals surface area (Å²) in [5, 5.41) is -0.0364. The molecule has 3 atom stereocenters. The quantitative estimate of drug-likeness (QED) is 0.581. The molecule has 1 N–H and O–H groups in total. The molecule has 1 saturated heterocycles. The summed E-state index contributed by atoms with van der Waals surface area (Å²) in [4.78, 5) is 26.5. The lowest BCUT2D eigenvalue weighted by Crippen LogP contribution is -2.32. The van der Waals surface area contributed by atoms with E-state index in [0.29, 0.717) is 31.8 Å². The third-order valence-electron chi connectivity index (χ3n) is 5.34. The Labute approximate surface area is 185 Å². The van der Waals surface area contributed by atoms with E-state index < -0.39 is 0 Å². The molecule has 1 aliphatic rings. The van der Waals surface area contributed by atoms with Crippen LogP contribution in [0.1, 0.15) is 28.5 Å². The van der Waals surface area contributed by atoms with Gasteiger partial charge >= 0.3 is 5.69 Å². The Kier molecular flexibility index (Phi) is 7.06. The molecule has 0 aliphatic carbocycles. The number of nitrogens with one attached hydrogen (secondary N) is 1. The minimum atomic E-state index is -0.388. The largest absolute Gasteiger partial charge is 0.376 e. The predicted molar refractivity (Wildman–Crippen MR) is 122 cm³/mol. The maximum atomic E-state index is 12.4. The zero-order valence-electron chi connectivity index (χ0n) is 17.4. The molecule has 7 heteroatoms. The molecule has 31 heavy (non-hydrogen) atoms. The first-order valence-corrected chi connectivity index (χ1v) is 11.3. The van der Waals surface area contributed by atoms with Crippen LogP contribution in [0.3, 0.4) is 0 Å². The maximum absolute atomic E-state index is 12.4. The van der Waals surface area contributed by atoms with Gasteiger partial charge < -0.3 is 9.47 Å². The molecular formula is C24H26N2O4S. The summed E-state index contributed by atoms with van der Waals surface area (Å²) in [5.74, 6) is 0. The Balaban J connectivity index is 1.46. The highest BCUT2D eigenvalue weighted by Crippen LogP contribution is 2.42. The fourth-order valence-corrected chi connectivity index (χ4v) is 5.17. The highest BCUT2D eigenvalue weighted by Gasteiger charge is 2.37. The van der Waals surface area contributed by atoms with E-state index in [0.717, 1.165) is 11.1 Å². The van der Waals surface area contributed by atoms with Gasteiger partial charge in [-0.3, -0.25) is 14.3 Å². The molecule has 1 aromatic heterocycles. The third-order valence-corrected chi connectivity index (χ3v) is 6.86. The molecule has 4 rings (SSSR count). The Morgan fingerprint density at radius 2 is 1.65 bits per heavy atom. The summed E-state index contributed by atoms with van der Waals surface area (Å²) >= 11 is 1.66. The van der Waals surface area contributed by atoms with Gasteiger partial charge in [0.05, 0.1) is 36.5 Å². The molecule has 0 bridgehead atoms. The van der Waals surface area contributed by atoms with Crippen molar-refractivity contribution >= 4 is 11.8 Å². The number of nitrogens with zero attached hydrogens (tertiary/aromatic N) is 1. The summed E-state index contributed by atoms with van der Waals surface area (Å²) in [6, 6.07) is 20.1. The fraction of sp³-hybridized carbons (Fsp3) is 0.333. The molecule has 0 radical (unpaired) electrons. The van der Waals surface area contributed by atoms with Crippen molar-refractivity contribution in [3.8, 4) is 0 Å². The lowest BCUT2D eigenvalue weighted by molar-refractivity contribution is 0.0134. The Bertz CT molecular complexity index is 1100. The summed E-state index contributed by atoms with van der Waals surface area (Å²) in [7, 11) is 0. The van der Waals surface area contributed by atoms with Gasteiger partial charge in [0.2, 0.25) is 0 Å². The molecule has 1 fully saturated rings. The van der Waals surface area contributed by atoms with Crippen LogP contribution in [0.5, 0.6) is 0 Å². The second-order valence-corrected chi connectivity index (χ2v) is 9.10. The number of H-pyrrole nitrogens is 1. The summed E-state index contributed by atoms with van der Waals surface area (Å²) in [6.45, 7) is 3.27. The van der Waals surface area contributed by atoms with Crippen LogP contribution in [0.2, 0.25) is 0 Å². The van der Waals surface area contributed by atoms with Crippen LogP contribution in [0.15, 0.2) is 76.4 Å². The van der Waals surface area contributed by atoms with Crippen LogP contribution in [-0.2, 0) is 22.7 Å². The molecule has 162 valence electrons. The minimum Gasteiger partial charge on any atom is -0.376 e. The smallest absolute Gasteiger partial charge is 0.329 e. The maximum Gasteiger partial charge on any atom is 0.329 e. The van der Waals surface area contributed by atoms with Crippen molar-refractivity contribution in [2.24, 2.45) is 0 Å². The van der Waals surface area contributed by atoms with Crippen LogP contribution in [0.25, 0.3) is 0 Å². The molecular weight excluding hydrogens is 412 g/mol. The van der Waals surface area contributed by atoms with Crippen molar-refractivity contribution in [1.29, 1.82) is 0 Å². The number of hydrogen-bond donors (Lipinski definition) is 1. The van der Waals surface area contributed by atoms with E-state index in [1.165, 1.54) is 0 Å². The van der Waals surface area contributed by atoms with Crippen LogP contribution in [0.4, 0.5) is 0 Å². The van der Waals surface area contributed by atoms with E-state index in [4.69, 9.17) is 9.47 Å². The fourth-order valence-electron chi connectivity index (χ4n) is 3.64. The molecule has 1 unspecified atom stereocenters. The number of hydrogen-bond acceptors (Lipinski definition) is 5. The Morgan fingerprint density at radius 1 is 1.00 bits per heavy atom. The molecule has 2 aromatic carbocycles. The first kappa shape index (κ1) is 21.6. The average Bonchev–Trinajstić information content (AvgIpc) is 3.19. The summed E-state index contributed by atoms with van der Waals surface area (Å²) in [6.07, 6.45) is 2.24. The first-order chi connectivity index (χ1) is 15.1. The van der Waals surface area contributed by atoms with Crippen molar-refractivity contribution in [2.75, 3.05) is 6.61 Å². The Hall–Kier alpha value is -2.61. The van der Waals surface area contributed by atoms with Gasteiger partial charge in [0.1, 0.15) is 0 Å². The number of thioether (sulfide) groups is 1. The van der Waals surface area contributed by atoms with E-state index in [2.05, 4.69) is 4.98 Å². The van der Waals surface area contributed by atoms with Gasteiger partial charge in [-0.05, 0) is 18.1 Å². The number of aromatic amines is 1. The highest BCUT2D eigenvalue weighted by molar-refractivity contribution is 8.00. The molecule has 0 saturated carbocycles. The number of aromatic nitrogens is 2. The highest BCUT2D eigenvalue weighted by atomic mass is 32.2. The van der Waals surface area contributed by atoms with Crippen LogP contribution < -0.4 is 11.2 Å². The third kappa shape index (κ3) is 5.55. The average molecular weight is 439 g/mol. The van der Waals surface area contributed by atoms with Gasteiger partial charge in [-0.15, -0.1) is 11.8 Å². The van der Waals surface area contributed by atoms with Crippen molar-refractivity contribution in [3.05, 3.63) is 104 Å². The van der Waals surface area contributed by atoms with E-state index in [1.807, 2.05) is 60.7 Å². The first-order valence-electron chi connectivity index (χ1n) is 10.3. The molecule has 6 nitrogen and oxygen atoms in total. The minimum absolute atomic E-state index is 0.0647. The lowest BCUT2D eigenvalue weighted by atomic mass is 10.1. The van der Waals surface area contributed by atoms with Gasteiger partial charge in [0, 0.05) is 18.2 Å². The number of ether oxygens (including phenoxy) is 2. The second kappa shape index (κ2) is 10.1. The molecule has 1 aliphatic heterocycles.